The van der Waals surface area contributed by atoms with Crippen LogP contribution in [0.3, 0.4) is 0 Å². The van der Waals surface area contributed by atoms with E-state index in [2.05, 4.69) is 4.74 Å². The molecular formula is C6H10F3O2. The molecule has 0 fully saturated rings. The van der Waals surface area contributed by atoms with Gasteiger partial charge in [0.25, 0.3) is 0 Å². The van der Waals surface area contributed by atoms with Crippen LogP contribution in [0.5, 0.6) is 0 Å². The fourth-order valence-electron chi connectivity index (χ4n) is 0.264. The van der Waals surface area contributed by atoms with E-state index >= 15 is 0 Å². The first kappa shape index (κ1) is 10.7. The maximum atomic E-state index is 11.5. The van der Waals surface area contributed by atoms with Crippen molar-refractivity contribution in [3.05, 3.63) is 6.61 Å². The molecule has 5 heteroatoms. The number of alkyl halides is 3. The van der Waals surface area contributed by atoms with E-state index in [1.807, 2.05) is 0 Å². The van der Waals surface area contributed by atoms with Crippen molar-refractivity contribution in [2.45, 2.75) is 25.6 Å². The summed E-state index contributed by atoms with van der Waals surface area (Å²) in [7, 11) is 0. The summed E-state index contributed by atoms with van der Waals surface area (Å²) in [4.78, 5) is 0. The van der Waals surface area contributed by atoms with Crippen molar-refractivity contribution < 1.29 is 23.0 Å². The van der Waals surface area contributed by atoms with Gasteiger partial charge in [0.2, 0.25) is 0 Å². The van der Waals surface area contributed by atoms with E-state index in [9.17, 15) is 13.2 Å². The number of ether oxygens (including phenoxy) is 1. The lowest BCUT2D eigenvalue weighted by atomic mass is 10.1. The summed E-state index contributed by atoms with van der Waals surface area (Å²) in [6.45, 7) is 2.02. The number of rotatable bonds is 3. The van der Waals surface area contributed by atoms with Crippen molar-refractivity contribution in [1.82, 2.24) is 0 Å². The Kier molecular flexibility index (Phi) is 3.31. The Labute approximate surface area is 63.0 Å². The van der Waals surface area contributed by atoms with Crippen molar-refractivity contribution in [2.24, 2.45) is 0 Å². The van der Waals surface area contributed by atoms with E-state index in [-0.39, 0.29) is 6.61 Å². The largest absolute Gasteiger partial charge is 0.417 e. The molecular weight excluding hydrogens is 161 g/mol. The molecule has 2 nitrogen and oxygen atoms in total. The van der Waals surface area contributed by atoms with Crippen LogP contribution < -0.4 is 0 Å². The smallest absolute Gasteiger partial charge is 0.393 e. The lowest BCUT2D eigenvalue weighted by molar-refractivity contribution is -0.165. The van der Waals surface area contributed by atoms with Crippen molar-refractivity contribution in [1.29, 1.82) is 0 Å². The van der Waals surface area contributed by atoms with Crippen LogP contribution in [0, 0.1) is 6.61 Å². The minimum absolute atomic E-state index is 0.233. The van der Waals surface area contributed by atoms with E-state index in [1.54, 1.807) is 0 Å². The zero-order chi connectivity index (χ0) is 9.12. The van der Waals surface area contributed by atoms with Crippen molar-refractivity contribution in [2.75, 3.05) is 6.61 Å². The Morgan fingerprint density at radius 2 is 1.82 bits per heavy atom. The third-order valence-corrected chi connectivity index (χ3v) is 0.892. The minimum Gasteiger partial charge on any atom is -0.393 e. The summed E-state index contributed by atoms with van der Waals surface area (Å²) in [5, 5.41) is 8.48. The molecule has 0 amide bonds. The van der Waals surface area contributed by atoms with E-state index in [1.165, 1.54) is 13.8 Å². The quantitative estimate of drug-likeness (QED) is 0.697. The first-order valence-corrected chi connectivity index (χ1v) is 2.97. The third-order valence-electron chi connectivity index (χ3n) is 0.892. The summed E-state index contributed by atoms with van der Waals surface area (Å²) in [5.74, 6) is 0. The molecule has 0 aromatic heterocycles. The molecule has 0 aliphatic carbocycles. The summed E-state index contributed by atoms with van der Waals surface area (Å²) in [6, 6.07) is 0. The van der Waals surface area contributed by atoms with Crippen LogP contribution in [0.2, 0.25) is 0 Å². The van der Waals surface area contributed by atoms with Crippen molar-refractivity contribution in [3.63, 3.8) is 0 Å². The summed E-state index contributed by atoms with van der Waals surface area (Å²) in [6.07, 6.45) is -4.45. The van der Waals surface area contributed by atoms with Gasteiger partial charge in [-0.25, -0.2) is 0 Å². The summed E-state index contributed by atoms with van der Waals surface area (Å²) >= 11 is 0. The van der Waals surface area contributed by atoms with Crippen LogP contribution in [0.25, 0.3) is 0 Å². The molecule has 0 aliphatic heterocycles. The fraction of sp³-hybridized carbons (Fsp3) is 0.833. The normalized spacial score (nSPS) is 13.6. The Bertz CT molecular complexity index is 119. The zero-order valence-corrected chi connectivity index (χ0v) is 6.27. The number of halogens is 3. The van der Waals surface area contributed by atoms with Crippen LogP contribution in [0.15, 0.2) is 0 Å². The molecule has 0 spiro atoms. The molecule has 0 aliphatic rings. The van der Waals surface area contributed by atoms with E-state index < -0.39 is 18.4 Å². The van der Waals surface area contributed by atoms with Crippen LogP contribution in [-0.2, 0) is 4.74 Å². The van der Waals surface area contributed by atoms with E-state index in [0.717, 1.165) is 0 Å². The molecule has 0 rings (SSSR count). The van der Waals surface area contributed by atoms with Crippen molar-refractivity contribution >= 4 is 0 Å². The highest BCUT2D eigenvalue weighted by atomic mass is 19.4. The molecule has 1 N–H and O–H groups in total. The first-order valence-electron chi connectivity index (χ1n) is 2.97. The Balaban J connectivity index is 3.70. The van der Waals surface area contributed by atoms with Gasteiger partial charge in [-0.2, -0.15) is 13.2 Å². The Hall–Kier alpha value is -0.290. The van der Waals surface area contributed by atoms with E-state index in [0.29, 0.717) is 0 Å². The van der Waals surface area contributed by atoms with Gasteiger partial charge in [-0.1, -0.05) is 0 Å². The van der Waals surface area contributed by atoms with Crippen LogP contribution >= 0.6 is 0 Å². The molecule has 67 valence electrons. The average molecular weight is 171 g/mol. The molecule has 0 heterocycles. The van der Waals surface area contributed by atoms with Crippen LogP contribution in [0.1, 0.15) is 13.8 Å². The maximum Gasteiger partial charge on any atom is 0.417 e. The lowest BCUT2D eigenvalue weighted by Crippen LogP contribution is -2.30. The van der Waals surface area contributed by atoms with E-state index in [4.69, 9.17) is 5.11 Å². The second-order valence-corrected chi connectivity index (χ2v) is 2.70. The SMILES string of the molecule is CC(C)(CO)O[CH]C(F)(F)F. The first-order chi connectivity index (χ1) is 4.77. The molecule has 0 bridgehead atoms. The Morgan fingerprint density at radius 3 is 2.09 bits per heavy atom. The van der Waals surface area contributed by atoms with Gasteiger partial charge >= 0.3 is 6.18 Å². The second-order valence-electron chi connectivity index (χ2n) is 2.70. The third kappa shape index (κ3) is 6.12. The molecule has 0 aromatic rings. The van der Waals surface area contributed by atoms with Gasteiger partial charge < -0.3 is 9.84 Å². The lowest BCUT2D eigenvalue weighted by Gasteiger charge is -2.22. The molecule has 0 saturated heterocycles. The number of aliphatic hydroxyl groups excluding tert-OH is 1. The van der Waals surface area contributed by atoms with Crippen molar-refractivity contribution in [3.8, 4) is 0 Å². The van der Waals surface area contributed by atoms with Gasteiger partial charge in [-0.3, -0.25) is 0 Å². The highest BCUT2D eigenvalue weighted by molar-refractivity contribution is 4.72. The van der Waals surface area contributed by atoms with Gasteiger partial charge in [0.1, 0.15) is 0 Å². The molecule has 1 radical (unpaired) electrons. The van der Waals surface area contributed by atoms with Crippen LogP contribution in [-0.4, -0.2) is 23.5 Å². The highest BCUT2D eigenvalue weighted by Crippen LogP contribution is 2.22. The topological polar surface area (TPSA) is 29.5 Å². The average Bonchev–Trinajstić information content (AvgIpc) is 1.83. The zero-order valence-electron chi connectivity index (χ0n) is 6.27. The summed E-state index contributed by atoms with van der Waals surface area (Å²) < 4.78 is 38.6. The minimum atomic E-state index is -4.45. The number of hydrogen-bond donors (Lipinski definition) is 1. The van der Waals surface area contributed by atoms with Gasteiger partial charge in [-0.15, -0.1) is 0 Å². The molecule has 11 heavy (non-hydrogen) atoms. The maximum absolute atomic E-state index is 11.5. The molecule has 0 unspecified atom stereocenters. The van der Waals surface area contributed by atoms with Crippen LogP contribution in [0.4, 0.5) is 13.2 Å². The summed E-state index contributed by atoms with van der Waals surface area (Å²) in [5.41, 5.74) is -1.17. The molecule has 0 atom stereocenters. The molecule has 0 aromatic carbocycles. The molecule has 0 saturated carbocycles. The highest BCUT2D eigenvalue weighted by Gasteiger charge is 2.32. The number of hydrogen-bond acceptors (Lipinski definition) is 2. The monoisotopic (exact) mass is 171 g/mol. The van der Waals surface area contributed by atoms with Gasteiger partial charge in [0.15, 0.2) is 6.61 Å². The standard InChI is InChI=1S/C6H10F3O2/c1-5(2,3-10)11-4-6(7,8)9/h4,10H,3H2,1-2H3. The van der Waals surface area contributed by atoms with Gasteiger partial charge in [0.05, 0.1) is 12.2 Å². The number of aliphatic hydroxyl groups is 1. The second kappa shape index (κ2) is 3.40. The fourth-order valence-corrected chi connectivity index (χ4v) is 0.264. The van der Waals surface area contributed by atoms with Gasteiger partial charge in [0, 0.05) is 0 Å². The predicted molar refractivity (Wildman–Crippen MR) is 32.6 cm³/mol. The van der Waals surface area contributed by atoms with Gasteiger partial charge in [-0.05, 0) is 13.8 Å². The predicted octanol–water partition coefficient (Wildman–Crippen LogP) is 1.50. The Morgan fingerprint density at radius 1 is 1.36 bits per heavy atom.